The maximum atomic E-state index is 10.9. The largest absolute Gasteiger partial charge is 0.492 e. The minimum atomic E-state index is -0.367. The molecule has 0 aliphatic carbocycles. The predicted octanol–water partition coefficient (Wildman–Crippen LogP) is 1.72. The SMILES string of the molecule is Cc1cc(Br)cc(CN)c1OCC(C)C(N)=O. The highest BCUT2D eigenvalue weighted by Crippen LogP contribution is 2.28. The fourth-order valence-corrected chi connectivity index (χ4v) is 2.07. The molecule has 5 heteroatoms. The van der Waals surface area contributed by atoms with Crippen LogP contribution in [0, 0.1) is 12.8 Å². The molecule has 1 rings (SSSR count). The van der Waals surface area contributed by atoms with Crippen LogP contribution in [-0.2, 0) is 11.3 Å². The highest BCUT2D eigenvalue weighted by molar-refractivity contribution is 9.10. The van der Waals surface area contributed by atoms with Crippen LogP contribution in [0.25, 0.3) is 0 Å². The second kappa shape index (κ2) is 6.02. The Morgan fingerprint density at radius 2 is 2.18 bits per heavy atom. The summed E-state index contributed by atoms with van der Waals surface area (Å²) in [5.74, 6) is 0.0570. The lowest BCUT2D eigenvalue weighted by Gasteiger charge is -2.15. The van der Waals surface area contributed by atoms with Crippen LogP contribution in [0.1, 0.15) is 18.1 Å². The summed E-state index contributed by atoms with van der Waals surface area (Å²) in [6.45, 7) is 4.33. The van der Waals surface area contributed by atoms with Crippen LogP contribution < -0.4 is 16.2 Å². The van der Waals surface area contributed by atoms with E-state index < -0.39 is 0 Å². The van der Waals surface area contributed by atoms with E-state index in [1.54, 1.807) is 6.92 Å². The normalized spacial score (nSPS) is 12.2. The molecule has 0 saturated heterocycles. The van der Waals surface area contributed by atoms with Crippen molar-refractivity contribution >= 4 is 21.8 Å². The summed E-state index contributed by atoms with van der Waals surface area (Å²) >= 11 is 3.41. The predicted molar refractivity (Wildman–Crippen MR) is 70.6 cm³/mol. The first-order valence-corrected chi connectivity index (χ1v) is 6.16. The lowest BCUT2D eigenvalue weighted by Crippen LogP contribution is -2.26. The summed E-state index contributed by atoms with van der Waals surface area (Å²) in [6.07, 6.45) is 0. The first-order chi connectivity index (χ1) is 7.95. The molecule has 1 aromatic carbocycles. The number of carbonyl (C=O) groups excluding carboxylic acids is 1. The number of hydrogen-bond donors (Lipinski definition) is 2. The van der Waals surface area contributed by atoms with Crippen molar-refractivity contribution in [3.05, 3.63) is 27.7 Å². The topological polar surface area (TPSA) is 78.3 Å². The Labute approximate surface area is 109 Å². The molecule has 1 atom stereocenters. The summed E-state index contributed by atoms with van der Waals surface area (Å²) in [4.78, 5) is 10.9. The number of amides is 1. The summed E-state index contributed by atoms with van der Waals surface area (Å²) in [6, 6.07) is 3.86. The van der Waals surface area contributed by atoms with Crippen molar-refractivity contribution in [3.8, 4) is 5.75 Å². The number of hydrogen-bond acceptors (Lipinski definition) is 3. The maximum absolute atomic E-state index is 10.9. The van der Waals surface area contributed by atoms with Crippen molar-refractivity contribution in [2.75, 3.05) is 6.61 Å². The molecule has 0 aromatic heterocycles. The Kier molecular flexibility index (Phi) is 4.96. The van der Waals surface area contributed by atoms with E-state index in [4.69, 9.17) is 16.2 Å². The van der Waals surface area contributed by atoms with Crippen LogP contribution in [0.15, 0.2) is 16.6 Å². The standard InChI is InChI=1S/C12H17BrN2O2/c1-7-3-10(13)4-9(5-14)11(7)17-6-8(2)12(15)16/h3-4,8H,5-6,14H2,1-2H3,(H2,15,16). The zero-order valence-electron chi connectivity index (χ0n) is 10.00. The number of primary amides is 1. The molecular weight excluding hydrogens is 284 g/mol. The third-order valence-electron chi connectivity index (χ3n) is 2.50. The first-order valence-electron chi connectivity index (χ1n) is 5.37. The van der Waals surface area contributed by atoms with Crippen LogP contribution >= 0.6 is 15.9 Å². The second-order valence-electron chi connectivity index (χ2n) is 4.03. The highest BCUT2D eigenvalue weighted by atomic mass is 79.9. The average molecular weight is 301 g/mol. The molecule has 1 aromatic rings. The van der Waals surface area contributed by atoms with E-state index in [9.17, 15) is 4.79 Å². The van der Waals surface area contributed by atoms with Gasteiger partial charge in [-0.1, -0.05) is 22.9 Å². The van der Waals surface area contributed by atoms with Gasteiger partial charge in [0.1, 0.15) is 5.75 Å². The van der Waals surface area contributed by atoms with Gasteiger partial charge in [-0.05, 0) is 24.6 Å². The van der Waals surface area contributed by atoms with Gasteiger partial charge in [0.15, 0.2) is 0 Å². The van der Waals surface area contributed by atoms with Crippen LogP contribution in [0.3, 0.4) is 0 Å². The average Bonchev–Trinajstić information content (AvgIpc) is 2.26. The quantitative estimate of drug-likeness (QED) is 0.869. The third kappa shape index (κ3) is 3.71. The van der Waals surface area contributed by atoms with E-state index in [-0.39, 0.29) is 18.4 Å². The second-order valence-corrected chi connectivity index (χ2v) is 4.95. The molecule has 0 fully saturated rings. The number of aryl methyl sites for hydroxylation is 1. The molecule has 94 valence electrons. The van der Waals surface area contributed by atoms with Gasteiger partial charge in [-0.25, -0.2) is 0 Å². The van der Waals surface area contributed by atoms with Gasteiger partial charge >= 0.3 is 0 Å². The molecular formula is C12H17BrN2O2. The van der Waals surface area contributed by atoms with Gasteiger partial charge in [-0.15, -0.1) is 0 Å². The van der Waals surface area contributed by atoms with Crippen LogP contribution in [0.2, 0.25) is 0 Å². The van der Waals surface area contributed by atoms with E-state index in [0.29, 0.717) is 6.54 Å². The van der Waals surface area contributed by atoms with Crippen molar-refractivity contribution < 1.29 is 9.53 Å². The van der Waals surface area contributed by atoms with E-state index in [2.05, 4.69) is 15.9 Å². The Morgan fingerprint density at radius 3 is 2.71 bits per heavy atom. The van der Waals surface area contributed by atoms with Crippen LogP contribution in [-0.4, -0.2) is 12.5 Å². The number of nitrogens with two attached hydrogens (primary N) is 2. The molecule has 0 spiro atoms. The third-order valence-corrected chi connectivity index (χ3v) is 2.96. The van der Waals surface area contributed by atoms with Gasteiger partial charge in [-0.2, -0.15) is 0 Å². The van der Waals surface area contributed by atoms with Crippen molar-refractivity contribution in [3.63, 3.8) is 0 Å². The maximum Gasteiger partial charge on any atom is 0.223 e. The van der Waals surface area contributed by atoms with Crippen molar-refractivity contribution in [1.29, 1.82) is 0 Å². The minimum absolute atomic E-state index is 0.269. The zero-order chi connectivity index (χ0) is 13.0. The lowest BCUT2D eigenvalue weighted by molar-refractivity contribution is -0.122. The molecule has 0 bridgehead atoms. The number of halogens is 1. The van der Waals surface area contributed by atoms with Crippen LogP contribution in [0.5, 0.6) is 5.75 Å². The molecule has 4 N–H and O–H groups in total. The number of benzene rings is 1. The Morgan fingerprint density at radius 1 is 1.53 bits per heavy atom. The van der Waals surface area contributed by atoms with E-state index in [1.165, 1.54) is 0 Å². The van der Waals surface area contributed by atoms with Gasteiger partial charge < -0.3 is 16.2 Å². The van der Waals surface area contributed by atoms with Gasteiger partial charge in [-0.3, -0.25) is 4.79 Å². The molecule has 0 aliphatic rings. The number of rotatable bonds is 5. The summed E-state index contributed by atoms with van der Waals surface area (Å²) in [5, 5.41) is 0. The molecule has 17 heavy (non-hydrogen) atoms. The summed E-state index contributed by atoms with van der Waals surface area (Å²) in [7, 11) is 0. The zero-order valence-corrected chi connectivity index (χ0v) is 11.6. The number of ether oxygens (including phenoxy) is 1. The minimum Gasteiger partial charge on any atom is -0.492 e. The molecule has 0 aliphatic heterocycles. The fourth-order valence-electron chi connectivity index (χ4n) is 1.45. The number of carbonyl (C=O) groups is 1. The van der Waals surface area contributed by atoms with Gasteiger partial charge in [0.2, 0.25) is 5.91 Å². The highest BCUT2D eigenvalue weighted by Gasteiger charge is 2.13. The van der Waals surface area contributed by atoms with Gasteiger partial charge in [0, 0.05) is 16.6 Å². The molecule has 0 heterocycles. The van der Waals surface area contributed by atoms with Gasteiger partial charge in [0.05, 0.1) is 12.5 Å². The Balaban J connectivity index is 2.86. The van der Waals surface area contributed by atoms with E-state index in [0.717, 1.165) is 21.3 Å². The first kappa shape index (κ1) is 14.0. The molecule has 1 amide bonds. The Bertz CT molecular complexity index is 421. The lowest BCUT2D eigenvalue weighted by atomic mass is 10.1. The molecule has 0 radical (unpaired) electrons. The Hall–Kier alpha value is -1.07. The molecule has 1 unspecified atom stereocenters. The molecule has 4 nitrogen and oxygen atoms in total. The van der Waals surface area contributed by atoms with Crippen molar-refractivity contribution in [2.24, 2.45) is 17.4 Å². The van der Waals surface area contributed by atoms with E-state index >= 15 is 0 Å². The van der Waals surface area contributed by atoms with E-state index in [1.807, 2.05) is 19.1 Å². The molecule has 0 saturated carbocycles. The van der Waals surface area contributed by atoms with Gasteiger partial charge in [0.25, 0.3) is 0 Å². The monoisotopic (exact) mass is 300 g/mol. The summed E-state index contributed by atoms with van der Waals surface area (Å²) < 4.78 is 6.60. The van der Waals surface area contributed by atoms with Crippen molar-refractivity contribution in [1.82, 2.24) is 0 Å². The van der Waals surface area contributed by atoms with Crippen LogP contribution in [0.4, 0.5) is 0 Å². The van der Waals surface area contributed by atoms with Crippen molar-refractivity contribution in [2.45, 2.75) is 20.4 Å². The summed E-state index contributed by atoms with van der Waals surface area (Å²) in [5.41, 5.74) is 12.7. The smallest absolute Gasteiger partial charge is 0.223 e. The fraction of sp³-hybridized carbons (Fsp3) is 0.417.